The Morgan fingerprint density at radius 3 is 2.79 bits per heavy atom. The zero-order valence-electron chi connectivity index (χ0n) is 11.1. The maximum Gasteiger partial charge on any atom is 0.253 e. The molecular weight excluding hydrogens is 242 g/mol. The summed E-state index contributed by atoms with van der Waals surface area (Å²) in [5.74, 6) is 0.616. The van der Waals surface area contributed by atoms with Crippen LogP contribution in [0.2, 0.25) is 0 Å². The normalized spacial score (nSPS) is 10.2. The Hall–Kier alpha value is -2.37. The van der Waals surface area contributed by atoms with E-state index in [0.29, 0.717) is 12.1 Å². The van der Waals surface area contributed by atoms with Crippen molar-refractivity contribution in [3.05, 3.63) is 41.9 Å². The summed E-state index contributed by atoms with van der Waals surface area (Å²) < 4.78 is 1.70. The number of amides is 1. The molecule has 0 aliphatic heterocycles. The maximum atomic E-state index is 11.9. The van der Waals surface area contributed by atoms with Gasteiger partial charge in [0.25, 0.3) is 5.91 Å². The van der Waals surface area contributed by atoms with Crippen molar-refractivity contribution < 1.29 is 4.79 Å². The number of pyridine rings is 1. The average molecular weight is 259 g/mol. The lowest BCUT2D eigenvalue weighted by Gasteiger charge is -2.05. The largest absolute Gasteiger partial charge is 0.370 e. The zero-order chi connectivity index (χ0) is 13.7. The monoisotopic (exact) mass is 259 g/mol. The molecule has 6 heteroatoms. The zero-order valence-corrected chi connectivity index (χ0v) is 11.1. The molecular formula is C13H17N5O. The van der Waals surface area contributed by atoms with Gasteiger partial charge in [-0.05, 0) is 25.1 Å². The number of anilines is 1. The molecule has 0 saturated heterocycles. The lowest BCUT2D eigenvalue weighted by atomic mass is 10.2. The van der Waals surface area contributed by atoms with E-state index in [1.807, 2.05) is 26.2 Å². The van der Waals surface area contributed by atoms with Crippen molar-refractivity contribution in [2.24, 2.45) is 7.05 Å². The fraction of sp³-hybridized carbons (Fsp3) is 0.308. The second kappa shape index (κ2) is 5.99. The predicted octanol–water partition coefficient (Wildman–Crippen LogP) is 1.18. The molecule has 0 saturated carbocycles. The third-order valence-corrected chi connectivity index (χ3v) is 2.58. The average Bonchev–Trinajstić information content (AvgIpc) is 2.83. The van der Waals surface area contributed by atoms with Gasteiger partial charge < -0.3 is 10.6 Å². The van der Waals surface area contributed by atoms with Crippen LogP contribution in [0, 0.1) is 0 Å². The Bertz CT molecular complexity index is 546. The van der Waals surface area contributed by atoms with E-state index in [1.54, 1.807) is 23.0 Å². The number of aromatic nitrogens is 3. The van der Waals surface area contributed by atoms with Gasteiger partial charge in [-0.3, -0.25) is 9.48 Å². The van der Waals surface area contributed by atoms with Crippen LogP contribution in [-0.4, -0.2) is 27.2 Å². The minimum absolute atomic E-state index is 0.152. The van der Waals surface area contributed by atoms with Crippen molar-refractivity contribution in [1.82, 2.24) is 20.1 Å². The molecule has 0 aliphatic carbocycles. The highest BCUT2D eigenvalue weighted by atomic mass is 16.1. The number of aryl methyl sites for hydroxylation is 1. The Balaban J connectivity index is 1.92. The molecule has 0 bridgehead atoms. The summed E-state index contributed by atoms with van der Waals surface area (Å²) in [7, 11) is 1.84. The number of nitrogens with zero attached hydrogens (tertiary/aromatic N) is 3. The highest BCUT2D eigenvalue weighted by Crippen LogP contribution is 2.05. The van der Waals surface area contributed by atoms with E-state index in [2.05, 4.69) is 20.7 Å². The topological polar surface area (TPSA) is 71.8 Å². The summed E-state index contributed by atoms with van der Waals surface area (Å²) in [4.78, 5) is 16.0. The molecule has 100 valence electrons. The van der Waals surface area contributed by atoms with Gasteiger partial charge in [-0.1, -0.05) is 0 Å². The number of hydrogen-bond acceptors (Lipinski definition) is 4. The van der Waals surface area contributed by atoms with E-state index in [1.165, 1.54) is 0 Å². The quantitative estimate of drug-likeness (QED) is 0.845. The second-order valence-corrected chi connectivity index (χ2v) is 4.13. The maximum absolute atomic E-state index is 11.9. The van der Waals surface area contributed by atoms with Crippen molar-refractivity contribution in [1.29, 1.82) is 0 Å². The van der Waals surface area contributed by atoms with Crippen LogP contribution in [0.3, 0.4) is 0 Å². The summed E-state index contributed by atoms with van der Waals surface area (Å²) in [6.07, 6.45) is 3.40. The number of carbonyl (C=O) groups is 1. The Morgan fingerprint density at radius 1 is 1.37 bits per heavy atom. The van der Waals surface area contributed by atoms with Crippen molar-refractivity contribution in [2.75, 3.05) is 11.9 Å². The summed E-state index contributed by atoms with van der Waals surface area (Å²) in [6, 6.07) is 5.41. The smallest absolute Gasteiger partial charge is 0.253 e. The Morgan fingerprint density at radius 2 is 2.21 bits per heavy atom. The van der Waals surface area contributed by atoms with Crippen LogP contribution < -0.4 is 10.6 Å². The first-order valence-electron chi connectivity index (χ1n) is 6.15. The molecule has 2 aromatic rings. The lowest BCUT2D eigenvalue weighted by molar-refractivity contribution is 0.0950. The number of hydrogen-bond donors (Lipinski definition) is 2. The van der Waals surface area contributed by atoms with Gasteiger partial charge in [0.15, 0.2) is 0 Å². The van der Waals surface area contributed by atoms with Crippen LogP contribution in [0.5, 0.6) is 0 Å². The Labute approximate surface area is 111 Å². The molecule has 0 unspecified atom stereocenters. The van der Waals surface area contributed by atoms with Gasteiger partial charge in [-0.15, -0.1) is 0 Å². The molecule has 1 amide bonds. The van der Waals surface area contributed by atoms with Crippen LogP contribution in [0.4, 0.5) is 5.82 Å². The molecule has 2 rings (SSSR count). The van der Waals surface area contributed by atoms with Crippen LogP contribution in [0.25, 0.3) is 0 Å². The van der Waals surface area contributed by atoms with Gasteiger partial charge in [0.2, 0.25) is 0 Å². The van der Waals surface area contributed by atoms with E-state index >= 15 is 0 Å². The molecule has 19 heavy (non-hydrogen) atoms. The number of rotatable bonds is 5. The molecule has 2 heterocycles. The van der Waals surface area contributed by atoms with Gasteiger partial charge in [-0.2, -0.15) is 5.10 Å². The highest BCUT2D eigenvalue weighted by Gasteiger charge is 2.06. The fourth-order valence-corrected chi connectivity index (χ4v) is 1.64. The van der Waals surface area contributed by atoms with E-state index in [0.717, 1.165) is 18.1 Å². The summed E-state index contributed by atoms with van der Waals surface area (Å²) in [6.45, 7) is 3.21. The van der Waals surface area contributed by atoms with Crippen molar-refractivity contribution in [3.8, 4) is 0 Å². The van der Waals surface area contributed by atoms with Crippen LogP contribution in [0.1, 0.15) is 23.0 Å². The van der Waals surface area contributed by atoms with Crippen LogP contribution >= 0.6 is 0 Å². The third-order valence-electron chi connectivity index (χ3n) is 2.58. The first-order chi connectivity index (χ1) is 9.19. The lowest BCUT2D eigenvalue weighted by Crippen LogP contribution is -2.23. The molecule has 6 nitrogen and oxygen atoms in total. The molecule has 0 atom stereocenters. The molecule has 0 aliphatic rings. The fourth-order valence-electron chi connectivity index (χ4n) is 1.64. The number of carbonyl (C=O) groups excluding carboxylic acids is 1. The molecule has 0 radical (unpaired) electrons. The Kier molecular flexibility index (Phi) is 4.12. The van der Waals surface area contributed by atoms with Gasteiger partial charge in [-0.25, -0.2) is 4.98 Å². The van der Waals surface area contributed by atoms with Crippen LogP contribution in [-0.2, 0) is 13.6 Å². The third kappa shape index (κ3) is 3.54. The minimum Gasteiger partial charge on any atom is -0.370 e. The molecule has 2 N–H and O–H groups in total. The van der Waals surface area contributed by atoms with E-state index in [-0.39, 0.29) is 5.91 Å². The highest BCUT2D eigenvalue weighted by molar-refractivity contribution is 5.93. The van der Waals surface area contributed by atoms with Crippen molar-refractivity contribution in [3.63, 3.8) is 0 Å². The molecule has 0 fully saturated rings. The van der Waals surface area contributed by atoms with E-state index in [4.69, 9.17) is 0 Å². The first kappa shape index (κ1) is 13.1. The van der Waals surface area contributed by atoms with Gasteiger partial charge in [0, 0.05) is 26.0 Å². The van der Waals surface area contributed by atoms with Crippen LogP contribution in [0.15, 0.2) is 30.6 Å². The SMILES string of the molecule is CCNc1ccc(C(=O)NCc2ccn(C)n2)cn1. The van der Waals surface area contributed by atoms with Crippen molar-refractivity contribution in [2.45, 2.75) is 13.5 Å². The second-order valence-electron chi connectivity index (χ2n) is 4.13. The minimum atomic E-state index is -0.152. The van der Waals surface area contributed by atoms with Gasteiger partial charge >= 0.3 is 0 Å². The van der Waals surface area contributed by atoms with E-state index < -0.39 is 0 Å². The number of nitrogens with one attached hydrogen (secondary N) is 2. The summed E-state index contributed by atoms with van der Waals surface area (Å²) >= 11 is 0. The van der Waals surface area contributed by atoms with Gasteiger partial charge in [0.05, 0.1) is 17.8 Å². The molecule has 0 spiro atoms. The van der Waals surface area contributed by atoms with E-state index in [9.17, 15) is 4.79 Å². The summed E-state index contributed by atoms with van der Waals surface area (Å²) in [5, 5.41) is 10.1. The first-order valence-corrected chi connectivity index (χ1v) is 6.15. The molecule has 0 aromatic carbocycles. The molecule has 2 aromatic heterocycles. The standard InChI is InChI=1S/C13H17N5O/c1-3-14-12-5-4-10(8-15-12)13(19)16-9-11-6-7-18(2)17-11/h4-8H,3,9H2,1-2H3,(H,14,15)(H,16,19). The van der Waals surface area contributed by atoms with Gasteiger partial charge in [0.1, 0.15) is 5.82 Å². The van der Waals surface area contributed by atoms with Crippen molar-refractivity contribution >= 4 is 11.7 Å². The predicted molar refractivity (Wildman–Crippen MR) is 72.8 cm³/mol. The summed E-state index contributed by atoms with van der Waals surface area (Å²) in [5.41, 5.74) is 1.37.